The summed E-state index contributed by atoms with van der Waals surface area (Å²) in [5.41, 5.74) is 2.82. The van der Waals surface area contributed by atoms with E-state index in [1.165, 1.54) is 11.1 Å². The highest BCUT2D eigenvalue weighted by Gasteiger charge is 2.15. The Morgan fingerprint density at radius 3 is 2.19 bits per heavy atom. The molecule has 0 aromatic heterocycles. The van der Waals surface area contributed by atoms with Gasteiger partial charge in [-0.2, -0.15) is 0 Å². The lowest BCUT2D eigenvalue weighted by molar-refractivity contribution is 0.368. The summed E-state index contributed by atoms with van der Waals surface area (Å²) >= 11 is 0. The van der Waals surface area contributed by atoms with Crippen LogP contribution in [0.3, 0.4) is 0 Å². The Morgan fingerprint density at radius 1 is 1.19 bits per heavy atom. The molecule has 1 unspecified atom stereocenters. The summed E-state index contributed by atoms with van der Waals surface area (Å²) in [6.07, 6.45) is 11.2. The first-order valence-corrected chi connectivity index (χ1v) is 6.24. The summed E-state index contributed by atoms with van der Waals surface area (Å²) in [7, 11) is 4.28. The molecule has 0 saturated heterocycles. The zero-order valence-electron chi connectivity index (χ0n) is 11.7. The second-order valence-corrected chi connectivity index (χ2v) is 4.32. The van der Waals surface area contributed by atoms with E-state index >= 15 is 0 Å². The van der Waals surface area contributed by atoms with Crippen molar-refractivity contribution >= 4 is 0 Å². The average molecular weight is 221 g/mol. The molecule has 0 bridgehead atoms. The molecule has 16 heavy (non-hydrogen) atoms. The van der Waals surface area contributed by atoms with Crippen molar-refractivity contribution in [3.8, 4) is 0 Å². The van der Waals surface area contributed by atoms with Gasteiger partial charge in [-0.25, -0.2) is 0 Å². The van der Waals surface area contributed by atoms with Crippen molar-refractivity contribution in [3.05, 3.63) is 35.5 Å². The van der Waals surface area contributed by atoms with Gasteiger partial charge in [-0.05, 0) is 46.4 Å². The predicted molar refractivity (Wildman–Crippen MR) is 74.7 cm³/mol. The predicted octanol–water partition coefficient (Wildman–Crippen LogP) is 4.19. The van der Waals surface area contributed by atoms with Crippen LogP contribution in [0.2, 0.25) is 0 Å². The number of allylic oxidation sites excluding steroid dienone is 3. The highest BCUT2D eigenvalue weighted by Crippen LogP contribution is 2.18. The number of nitrogens with zero attached hydrogens (tertiary/aromatic N) is 1. The van der Waals surface area contributed by atoms with E-state index in [1.807, 2.05) is 0 Å². The van der Waals surface area contributed by atoms with Crippen LogP contribution in [0, 0.1) is 0 Å². The van der Waals surface area contributed by atoms with Gasteiger partial charge in [0, 0.05) is 0 Å². The molecule has 1 heteroatoms. The Morgan fingerprint density at radius 2 is 1.81 bits per heavy atom. The minimum Gasteiger partial charge on any atom is -0.299 e. The number of hydrogen-bond donors (Lipinski definition) is 0. The van der Waals surface area contributed by atoms with Crippen molar-refractivity contribution in [2.24, 2.45) is 0 Å². The number of rotatable bonds is 6. The van der Waals surface area contributed by atoms with Crippen LogP contribution in [0.4, 0.5) is 0 Å². The first-order chi connectivity index (χ1) is 7.58. The van der Waals surface area contributed by atoms with E-state index in [0.717, 1.165) is 12.8 Å². The van der Waals surface area contributed by atoms with E-state index in [4.69, 9.17) is 0 Å². The van der Waals surface area contributed by atoms with Crippen molar-refractivity contribution < 1.29 is 0 Å². The maximum atomic E-state index is 2.31. The van der Waals surface area contributed by atoms with Crippen molar-refractivity contribution in [1.29, 1.82) is 0 Å². The van der Waals surface area contributed by atoms with E-state index in [1.54, 1.807) is 0 Å². The minimum absolute atomic E-state index is 0.410. The monoisotopic (exact) mass is 221 g/mol. The molecule has 1 nitrogen and oxygen atoms in total. The van der Waals surface area contributed by atoms with Crippen molar-refractivity contribution in [1.82, 2.24) is 4.90 Å². The van der Waals surface area contributed by atoms with Gasteiger partial charge >= 0.3 is 0 Å². The summed E-state index contributed by atoms with van der Waals surface area (Å²) in [5.74, 6) is 0. The first kappa shape index (κ1) is 15.2. The Bertz CT molecular complexity index is 269. The molecule has 0 fully saturated rings. The van der Waals surface area contributed by atoms with Gasteiger partial charge in [0.25, 0.3) is 0 Å². The minimum atomic E-state index is 0.410. The molecule has 0 radical (unpaired) electrons. The molecule has 0 spiro atoms. The van der Waals surface area contributed by atoms with Gasteiger partial charge in [-0.15, -0.1) is 0 Å². The van der Waals surface area contributed by atoms with Gasteiger partial charge in [0.15, 0.2) is 0 Å². The molecule has 0 heterocycles. The lowest BCUT2D eigenvalue weighted by Gasteiger charge is -2.26. The lowest BCUT2D eigenvalue weighted by atomic mass is 9.97. The van der Waals surface area contributed by atoms with Crippen LogP contribution >= 0.6 is 0 Å². The molecule has 1 atom stereocenters. The summed E-state index contributed by atoms with van der Waals surface area (Å²) < 4.78 is 0. The van der Waals surface area contributed by atoms with Crippen LogP contribution in [0.5, 0.6) is 0 Å². The second kappa shape index (κ2) is 8.35. The van der Waals surface area contributed by atoms with E-state index in [2.05, 4.69) is 71.0 Å². The lowest BCUT2D eigenvalue weighted by Crippen LogP contribution is -2.30. The largest absolute Gasteiger partial charge is 0.299 e. The Hall–Kier alpha value is -0.820. The molecule has 0 saturated carbocycles. The number of hydrogen-bond acceptors (Lipinski definition) is 1. The molecule has 0 aromatic rings. The molecular formula is C15H27N. The standard InChI is InChI=1S/C15H27N/c1-7-10-12-14(9-3)15(16(5)6)13(4)11-8-2/h9-12,15H,7-8H2,1-6H3/b12-10-,13-11?,14-9+. The summed E-state index contributed by atoms with van der Waals surface area (Å²) in [6.45, 7) is 8.69. The second-order valence-electron chi connectivity index (χ2n) is 4.32. The zero-order valence-corrected chi connectivity index (χ0v) is 11.7. The Balaban J connectivity index is 5.03. The van der Waals surface area contributed by atoms with Gasteiger partial charge < -0.3 is 0 Å². The van der Waals surface area contributed by atoms with Crippen molar-refractivity contribution in [3.63, 3.8) is 0 Å². The maximum absolute atomic E-state index is 2.31. The third-order valence-electron chi connectivity index (χ3n) is 2.67. The van der Waals surface area contributed by atoms with E-state index in [0.29, 0.717) is 6.04 Å². The first-order valence-electron chi connectivity index (χ1n) is 6.24. The van der Waals surface area contributed by atoms with Crippen LogP contribution in [-0.4, -0.2) is 25.0 Å². The molecule has 0 aliphatic heterocycles. The van der Waals surface area contributed by atoms with Crippen molar-refractivity contribution in [2.45, 2.75) is 46.6 Å². The van der Waals surface area contributed by atoms with Gasteiger partial charge in [0.05, 0.1) is 6.04 Å². The van der Waals surface area contributed by atoms with Gasteiger partial charge in [-0.3, -0.25) is 4.90 Å². The maximum Gasteiger partial charge on any atom is 0.0550 e. The summed E-state index contributed by atoms with van der Waals surface area (Å²) in [6, 6.07) is 0.410. The molecule has 0 N–H and O–H groups in total. The average Bonchev–Trinajstić information content (AvgIpc) is 2.23. The van der Waals surface area contributed by atoms with E-state index in [9.17, 15) is 0 Å². The van der Waals surface area contributed by atoms with Crippen LogP contribution < -0.4 is 0 Å². The smallest absolute Gasteiger partial charge is 0.0550 e. The fourth-order valence-electron chi connectivity index (χ4n) is 2.00. The van der Waals surface area contributed by atoms with Gasteiger partial charge in [0.2, 0.25) is 0 Å². The molecule has 0 amide bonds. The normalized spacial score (nSPS) is 16.2. The third-order valence-corrected chi connectivity index (χ3v) is 2.67. The zero-order chi connectivity index (χ0) is 12.6. The number of likely N-dealkylation sites (N-methyl/N-ethyl adjacent to an activating group) is 1. The topological polar surface area (TPSA) is 3.24 Å². The van der Waals surface area contributed by atoms with Crippen LogP contribution in [-0.2, 0) is 0 Å². The Labute approximate surface area is 102 Å². The summed E-state index contributed by atoms with van der Waals surface area (Å²) in [5, 5.41) is 0. The van der Waals surface area contributed by atoms with Crippen LogP contribution in [0.1, 0.15) is 40.5 Å². The van der Waals surface area contributed by atoms with E-state index in [-0.39, 0.29) is 0 Å². The quantitative estimate of drug-likeness (QED) is 0.480. The Kier molecular flexibility index (Phi) is 7.92. The highest BCUT2D eigenvalue weighted by atomic mass is 15.1. The molecule has 0 aliphatic carbocycles. The molecule has 92 valence electrons. The van der Waals surface area contributed by atoms with E-state index < -0.39 is 0 Å². The molecule has 0 aliphatic rings. The van der Waals surface area contributed by atoms with Crippen LogP contribution in [0.25, 0.3) is 0 Å². The highest BCUT2D eigenvalue weighted by molar-refractivity contribution is 5.32. The van der Waals surface area contributed by atoms with Crippen LogP contribution in [0.15, 0.2) is 35.5 Å². The van der Waals surface area contributed by atoms with Gasteiger partial charge in [0.1, 0.15) is 0 Å². The molecule has 0 aromatic carbocycles. The summed E-state index contributed by atoms with van der Waals surface area (Å²) in [4.78, 5) is 2.27. The fourth-order valence-corrected chi connectivity index (χ4v) is 2.00. The SMILES string of the molecule is C/C=C(\C=C/CC)C(C(C)=CCC)N(C)C. The fraction of sp³-hybridized carbons (Fsp3) is 0.600. The van der Waals surface area contributed by atoms with Gasteiger partial charge in [-0.1, -0.05) is 43.7 Å². The third kappa shape index (κ3) is 4.80. The van der Waals surface area contributed by atoms with Crippen molar-refractivity contribution in [2.75, 3.05) is 14.1 Å². The molecule has 0 rings (SSSR count). The molecular weight excluding hydrogens is 194 g/mol.